The van der Waals surface area contributed by atoms with E-state index in [0.29, 0.717) is 5.92 Å². The lowest BCUT2D eigenvalue weighted by atomic mass is 10.2. The molecule has 6 nitrogen and oxygen atoms in total. The van der Waals surface area contributed by atoms with Crippen molar-refractivity contribution in [2.45, 2.75) is 46.1 Å². The number of methoxy groups -OCH3 is 1. The number of guanidine groups is 1. The van der Waals surface area contributed by atoms with Crippen LogP contribution in [0.25, 0.3) is 0 Å². The van der Waals surface area contributed by atoms with E-state index in [1.807, 2.05) is 0 Å². The molecule has 1 rings (SSSR count). The molecule has 0 aromatic rings. The fourth-order valence-electron chi connectivity index (χ4n) is 2.46. The van der Waals surface area contributed by atoms with Crippen LogP contribution in [0.15, 0.2) is 4.99 Å². The topological polar surface area (TPSA) is 58.1 Å². The molecule has 1 aliphatic rings. The van der Waals surface area contributed by atoms with E-state index in [2.05, 4.69) is 41.3 Å². The summed E-state index contributed by atoms with van der Waals surface area (Å²) in [4.78, 5) is 7.13. The Morgan fingerprint density at radius 2 is 1.96 bits per heavy atom. The molecule has 0 heterocycles. The number of nitrogens with one attached hydrogen (secondary N) is 2. The largest absolute Gasteiger partial charge is 0.383 e. The zero-order valence-corrected chi connectivity index (χ0v) is 18.9. The van der Waals surface area contributed by atoms with Crippen molar-refractivity contribution in [3.05, 3.63) is 0 Å². The first-order valence-corrected chi connectivity index (χ1v) is 9.50. The van der Waals surface area contributed by atoms with Gasteiger partial charge in [-0.1, -0.05) is 13.8 Å². The van der Waals surface area contributed by atoms with Crippen molar-refractivity contribution >= 4 is 29.9 Å². The Balaban J connectivity index is 0.00000576. The molecule has 0 bridgehead atoms. The van der Waals surface area contributed by atoms with Crippen molar-refractivity contribution in [2.24, 2.45) is 10.9 Å². The summed E-state index contributed by atoms with van der Waals surface area (Å²) in [5, 5.41) is 6.74. The second kappa shape index (κ2) is 16.1. The third-order valence-corrected chi connectivity index (χ3v) is 3.85. The SMILES string of the molecule is CCNC(=NCCCOCC(C)C)NCCN(CCOC)C1CC1.I. The molecule has 25 heavy (non-hydrogen) atoms. The van der Waals surface area contributed by atoms with Gasteiger partial charge in [0.25, 0.3) is 0 Å². The molecule has 0 saturated heterocycles. The van der Waals surface area contributed by atoms with Crippen molar-refractivity contribution in [1.82, 2.24) is 15.5 Å². The number of aliphatic imine (C=N–C) groups is 1. The third kappa shape index (κ3) is 13.7. The average Bonchev–Trinajstić information content (AvgIpc) is 3.38. The quantitative estimate of drug-likeness (QED) is 0.177. The summed E-state index contributed by atoms with van der Waals surface area (Å²) in [6, 6.07) is 0.763. The average molecular weight is 470 g/mol. The Labute approximate surface area is 171 Å². The van der Waals surface area contributed by atoms with Crippen LogP contribution >= 0.6 is 24.0 Å². The van der Waals surface area contributed by atoms with E-state index in [0.717, 1.165) is 71.0 Å². The molecule has 1 fully saturated rings. The van der Waals surface area contributed by atoms with Gasteiger partial charge in [-0.05, 0) is 32.1 Å². The van der Waals surface area contributed by atoms with Gasteiger partial charge in [-0.25, -0.2) is 0 Å². The molecule has 7 heteroatoms. The van der Waals surface area contributed by atoms with E-state index in [-0.39, 0.29) is 24.0 Å². The number of halogens is 1. The van der Waals surface area contributed by atoms with Gasteiger partial charge in [-0.3, -0.25) is 9.89 Å². The number of hydrogen-bond acceptors (Lipinski definition) is 4. The highest BCUT2D eigenvalue weighted by Gasteiger charge is 2.28. The minimum atomic E-state index is 0. The molecule has 0 unspecified atom stereocenters. The lowest BCUT2D eigenvalue weighted by Crippen LogP contribution is -2.42. The summed E-state index contributed by atoms with van der Waals surface area (Å²) in [6.45, 7) is 13.5. The Morgan fingerprint density at radius 1 is 1.20 bits per heavy atom. The van der Waals surface area contributed by atoms with Gasteiger partial charge in [0.1, 0.15) is 0 Å². The summed E-state index contributed by atoms with van der Waals surface area (Å²) in [5.74, 6) is 1.50. The van der Waals surface area contributed by atoms with E-state index in [9.17, 15) is 0 Å². The molecule has 0 atom stereocenters. The van der Waals surface area contributed by atoms with Crippen LogP contribution in [0.3, 0.4) is 0 Å². The van der Waals surface area contributed by atoms with E-state index >= 15 is 0 Å². The van der Waals surface area contributed by atoms with Crippen LogP contribution in [0.2, 0.25) is 0 Å². The Hall–Kier alpha value is -0.120. The maximum Gasteiger partial charge on any atom is 0.191 e. The molecule has 1 saturated carbocycles. The van der Waals surface area contributed by atoms with E-state index < -0.39 is 0 Å². The van der Waals surface area contributed by atoms with Crippen LogP contribution in [0.1, 0.15) is 40.0 Å². The predicted octanol–water partition coefficient (Wildman–Crippen LogP) is 2.33. The minimum absolute atomic E-state index is 0. The normalized spacial score (nSPS) is 14.7. The monoisotopic (exact) mass is 470 g/mol. The van der Waals surface area contributed by atoms with Crippen molar-refractivity contribution in [3.63, 3.8) is 0 Å². The van der Waals surface area contributed by atoms with Crippen molar-refractivity contribution < 1.29 is 9.47 Å². The summed E-state index contributed by atoms with van der Waals surface area (Å²) in [6.07, 6.45) is 3.62. The lowest BCUT2D eigenvalue weighted by molar-refractivity contribution is 0.109. The molecular formula is C18H39IN4O2. The van der Waals surface area contributed by atoms with Gasteiger partial charge in [-0.15, -0.1) is 24.0 Å². The first kappa shape index (κ1) is 24.9. The van der Waals surface area contributed by atoms with Crippen molar-refractivity contribution in [2.75, 3.05) is 59.7 Å². The van der Waals surface area contributed by atoms with Crippen LogP contribution in [-0.2, 0) is 9.47 Å². The fraction of sp³-hybridized carbons (Fsp3) is 0.944. The Bertz CT molecular complexity index is 339. The Morgan fingerprint density at radius 3 is 2.56 bits per heavy atom. The maximum absolute atomic E-state index is 5.59. The van der Waals surface area contributed by atoms with Gasteiger partial charge < -0.3 is 20.1 Å². The summed E-state index contributed by atoms with van der Waals surface area (Å²) < 4.78 is 10.8. The van der Waals surface area contributed by atoms with Crippen LogP contribution in [0.4, 0.5) is 0 Å². The highest BCUT2D eigenvalue weighted by atomic mass is 127. The van der Waals surface area contributed by atoms with Crippen LogP contribution < -0.4 is 10.6 Å². The van der Waals surface area contributed by atoms with Crippen molar-refractivity contribution in [1.29, 1.82) is 0 Å². The summed E-state index contributed by atoms with van der Waals surface area (Å²) >= 11 is 0. The van der Waals surface area contributed by atoms with Gasteiger partial charge >= 0.3 is 0 Å². The first-order chi connectivity index (χ1) is 11.7. The second-order valence-electron chi connectivity index (χ2n) is 6.77. The molecule has 0 radical (unpaired) electrons. The minimum Gasteiger partial charge on any atom is -0.383 e. The van der Waals surface area contributed by atoms with Gasteiger partial charge in [-0.2, -0.15) is 0 Å². The summed E-state index contributed by atoms with van der Waals surface area (Å²) in [7, 11) is 1.77. The molecular weight excluding hydrogens is 431 g/mol. The highest BCUT2D eigenvalue weighted by molar-refractivity contribution is 14.0. The maximum atomic E-state index is 5.59. The van der Waals surface area contributed by atoms with E-state index in [1.165, 1.54) is 12.8 Å². The molecule has 0 aliphatic heterocycles. The summed E-state index contributed by atoms with van der Waals surface area (Å²) in [5.41, 5.74) is 0. The van der Waals surface area contributed by atoms with E-state index in [1.54, 1.807) is 7.11 Å². The smallest absolute Gasteiger partial charge is 0.191 e. The zero-order chi connectivity index (χ0) is 17.6. The van der Waals surface area contributed by atoms with Gasteiger partial charge in [0.15, 0.2) is 5.96 Å². The first-order valence-electron chi connectivity index (χ1n) is 9.50. The fourth-order valence-corrected chi connectivity index (χ4v) is 2.46. The van der Waals surface area contributed by atoms with Crippen LogP contribution in [-0.4, -0.2) is 76.6 Å². The van der Waals surface area contributed by atoms with Gasteiger partial charge in [0.05, 0.1) is 6.61 Å². The number of nitrogens with zero attached hydrogens (tertiary/aromatic N) is 2. The second-order valence-corrected chi connectivity index (χ2v) is 6.77. The molecule has 0 amide bonds. The lowest BCUT2D eigenvalue weighted by Gasteiger charge is -2.22. The molecule has 0 aromatic heterocycles. The van der Waals surface area contributed by atoms with Gasteiger partial charge in [0, 0.05) is 59.1 Å². The Kier molecular flexibility index (Phi) is 16.0. The molecule has 1 aliphatic carbocycles. The highest BCUT2D eigenvalue weighted by Crippen LogP contribution is 2.25. The van der Waals surface area contributed by atoms with Crippen molar-refractivity contribution in [3.8, 4) is 0 Å². The third-order valence-electron chi connectivity index (χ3n) is 3.85. The number of rotatable bonds is 14. The van der Waals surface area contributed by atoms with Crippen LogP contribution in [0.5, 0.6) is 0 Å². The van der Waals surface area contributed by atoms with Crippen LogP contribution in [0, 0.1) is 5.92 Å². The molecule has 2 N–H and O–H groups in total. The van der Waals surface area contributed by atoms with Gasteiger partial charge in [0.2, 0.25) is 0 Å². The molecule has 0 spiro atoms. The number of ether oxygens (including phenoxy) is 2. The molecule has 150 valence electrons. The standard InChI is InChI=1S/C18H38N4O2.HI/c1-5-19-18(20-9-6-13-24-15-16(2)3)21-10-11-22(12-14-23-4)17-7-8-17;/h16-17H,5-15H2,1-4H3,(H2,19,20,21);1H. The predicted molar refractivity (Wildman–Crippen MR) is 116 cm³/mol. The van der Waals surface area contributed by atoms with E-state index in [4.69, 9.17) is 9.47 Å². The zero-order valence-electron chi connectivity index (χ0n) is 16.6. The molecule has 0 aromatic carbocycles. The number of hydrogen-bond donors (Lipinski definition) is 2.